The number of aromatic carboxylic acids is 1. The van der Waals surface area contributed by atoms with Gasteiger partial charge in [-0.25, -0.2) is 4.79 Å². The molecular formula is C36H45NO7. The monoisotopic (exact) mass is 606 g/mol. The molecule has 8 heteroatoms. The third-order valence-corrected chi connectivity index (χ3v) is 7.11. The molecule has 0 aromatic heterocycles. The molecule has 1 unspecified atom stereocenters. The first-order chi connectivity index (χ1) is 22.4. The number of aromatic hydroxyl groups is 2. The van der Waals surface area contributed by atoms with Crippen LogP contribution in [-0.4, -0.2) is 57.8 Å². The van der Waals surface area contributed by atoms with Gasteiger partial charge in [0.1, 0.15) is 17.1 Å². The number of aliphatic hydroxyl groups is 2. The number of carbonyl (C=O) groups is 1. The first kappa shape index (κ1) is 30.1. The highest BCUT2D eigenvalue weighted by Crippen LogP contribution is 2.28. The van der Waals surface area contributed by atoms with E-state index in [-0.39, 0.29) is 29.0 Å². The highest BCUT2D eigenvalue weighted by molar-refractivity contribution is 6.00. The lowest BCUT2D eigenvalue weighted by Gasteiger charge is -2.14. The van der Waals surface area contributed by atoms with Crippen LogP contribution in [0.1, 0.15) is 75.8 Å². The molecule has 0 saturated carbocycles. The Morgan fingerprint density at radius 2 is 1.57 bits per heavy atom. The Labute approximate surface area is 263 Å². The van der Waals surface area contributed by atoms with E-state index in [2.05, 4.69) is 29.6 Å². The Bertz CT molecular complexity index is 1550. The second-order valence-electron chi connectivity index (χ2n) is 10.4. The van der Waals surface area contributed by atoms with Crippen LogP contribution in [0.4, 0.5) is 0 Å². The van der Waals surface area contributed by atoms with E-state index in [0.29, 0.717) is 11.9 Å². The SMILES string of the molecule is O=C(O)c1ccc2ccccc2c1O.[2H]C([2H])(O)c1cc(C([2H])(O)CNCCCCCCOCCCCc2ccccc2)ccc1O. The number of fused-ring (bicyclic) bond motifs is 1. The summed E-state index contributed by atoms with van der Waals surface area (Å²) in [5.74, 6) is -1.71. The smallest absolute Gasteiger partial charge is 0.339 e. The van der Waals surface area contributed by atoms with Crippen LogP contribution in [0.2, 0.25) is 0 Å². The average molecular weight is 607 g/mol. The second-order valence-corrected chi connectivity index (χ2v) is 10.4. The summed E-state index contributed by atoms with van der Waals surface area (Å²) in [6.45, 7) is -0.583. The number of phenols is 2. The number of benzene rings is 4. The molecule has 4 rings (SSSR count). The fourth-order valence-electron chi connectivity index (χ4n) is 4.63. The Morgan fingerprint density at radius 3 is 2.32 bits per heavy atom. The van der Waals surface area contributed by atoms with Gasteiger partial charge in [0, 0.05) is 30.7 Å². The number of unbranched alkanes of at least 4 members (excludes halogenated alkanes) is 4. The lowest BCUT2D eigenvalue weighted by molar-refractivity contribution is 0.0694. The van der Waals surface area contributed by atoms with E-state index in [1.807, 2.05) is 18.2 Å². The third kappa shape index (κ3) is 11.6. The number of hydrogen-bond donors (Lipinski definition) is 6. The highest BCUT2D eigenvalue weighted by atomic mass is 16.5. The Balaban J connectivity index is 0.000000353. The molecule has 8 nitrogen and oxygen atoms in total. The topological polar surface area (TPSA) is 139 Å². The molecule has 4 aromatic rings. The Hall–Kier alpha value is -3.95. The van der Waals surface area contributed by atoms with Crippen molar-refractivity contribution < 1.29 is 39.2 Å². The molecule has 44 heavy (non-hydrogen) atoms. The van der Waals surface area contributed by atoms with Crippen LogP contribution in [0.3, 0.4) is 0 Å². The maximum atomic E-state index is 10.7. The van der Waals surface area contributed by atoms with Crippen molar-refractivity contribution in [1.29, 1.82) is 0 Å². The van der Waals surface area contributed by atoms with E-state index in [9.17, 15) is 25.2 Å². The highest BCUT2D eigenvalue weighted by Gasteiger charge is 2.12. The second kappa shape index (κ2) is 19.4. The van der Waals surface area contributed by atoms with Gasteiger partial charge in [0.05, 0.1) is 16.8 Å². The Kier molecular flexibility index (Phi) is 13.2. The van der Waals surface area contributed by atoms with E-state index >= 15 is 0 Å². The Morgan fingerprint density at radius 1 is 0.864 bits per heavy atom. The van der Waals surface area contributed by atoms with Crippen LogP contribution < -0.4 is 5.32 Å². The normalized spacial score (nSPS) is 13.6. The summed E-state index contributed by atoms with van der Waals surface area (Å²) in [6, 6.07) is 24.3. The standard InChI is InChI=1S/C25H37NO4.C11H8O3/c27-20-23-18-22(13-14-24(23)28)25(29)19-26-15-7-1-2-8-16-30-17-9-6-12-21-10-4-3-5-11-21;12-10-8-4-2-1-3-7(8)5-6-9(10)11(13)14/h3-5,10-11,13-14,18,25-29H,1-2,6-9,12,15-17,19-20H2;1-6,12H,(H,13,14)/i20D2,25D;. The number of aryl methyl sites for hydroxylation is 1. The van der Waals surface area contributed by atoms with Gasteiger partial charge in [-0.15, -0.1) is 0 Å². The summed E-state index contributed by atoms with van der Waals surface area (Å²) in [5.41, 5.74) is 1.03. The number of hydrogen-bond acceptors (Lipinski definition) is 7. The van der Waals surface area contributed by atoms with Crippen molar-refractivity contribution in [3.05, 3.63) is 107 Å². The molecule has 6 N–H and O–H groups in total. The van der Waals surface area contributed by atoms with E-state index in [1.54, 1.807) is 18.2 Å². The van der Waals surface area contributed by atoms with Crippen molar-refractivity contribution in [3.63, 3.8) is 0 Å². The van der Waals surface area contributed by atoms with Crippen LogP contribution in [0.5, 0.6) is 11.5 Å². The van der Waals surface area contributed by atoms with E-state index in [1.165, 1.54) is 23.8 Å². The zero-order valence-corrected chi connectivity index (χ0v) is 24.9. The molecule has 0 aliphatic carbocycles. The van der Waals surface area contributed by atoms with Gasteiger partial charge >= 0.3 is 5.97 Å². The summed E-state index contributed by atoms with van der Waals surface area (Å²) in [5, 5.41) is 52.4. The van der Waals surface area contributed by atoms with Gasteiger partial charge in [0.2, 0.25) is 0 Å². The van der Waals surface area contributed by atoms with Crippen molar-refractivity contribution in [2.24, 2.45) is 0 Å². The minimum absolute atomic E-state index is 0.0439. The third-order valence-electron chi connectivity index (χ3n) is 7.11. The fraction of sp³-hybridized carbons (Fsp3) is 0.361. The lowest BCUT2D eigenvalue weighted by atomic mass is 10.1. The zero-order valence-electron chi connectivity index (χ0n) is 27.9. The lowest BCUT2D eigenvalue weighted by Crippen LogP contribution is -2.22. The maximum absolute atomic E-state index is 10.7. The summed E-state index contributed by atoms with van der Waals surface area (Å²) in [4.78, 5) is 10.7. The molecule has 0 amide bonds. The molecule has 0 heterocycles. The number of rotatable bonds is 17. The van der Waals surface area contributed by atoms with E-state index in [0.717, 1.165) is 69.6 Å². The predicted molar refractivity (Wildman–Crippen MR) is 173 cm³/mol. The predicted octanol–water partition coefficient (Wildman–Crippen LogP) is 6.35. The molecule has 0 fully saturated rings. The van der Waals surface area contributed by atoms with Crippen molar-refractivity contribution >= 4 is 16.7 Å². The maximum Gasteiger partial charge on any atom is 0.339 e. The van der Waals surface area contributed by atoms with Crippen LogP contribution in [0, 0.1) is 0 Å². The molecule has 236 valence electrons. The van der Waals surface area contributed by atoms with Crippen LogP contribution in [0.15, 0.2) is 84.9 Å². The fourth-order valence-corrected chi connectivity index (χ4v) is 4.63. The molecule has 0 aliphatic rings. The van der Waals surface area contributed by atoms with Crippen molar-refractivity contribution in [3.8, 4) is 11.5 Å². The minimum atomic E-state index is -2.75. The molecule has 0 saturated heterocycles. The molecule has 1 atom stereocenters. The van der Waals surface area contributed by atoms with Crippen LogP contribution in [-0.2, 0) is 17.7 Å². The number of ether oxygens (including phenoxy) is 1. The van der Waals surface area contributed by atoms with Gasteiger partial charge in [0.25, 0.3) is 0 Å². The van der Waals surface area contributed by atoms with Crippen molar-refractivity contribution in [1.82, 2.24) is 5.32 Å². The molecule has 0 spiro atoms. The molecule has 4 aromatic carbocycles. The van der Waals surface area contributed by atoms with Crippen LogP contribution >= 0.6 is 0 Å². The van der Waals surface area contributed by atoms with Gasteiger partial charge in [0.15, 0.2) is 0 Å². The van der Waals surface area contributed by atoms with Gasteiger partial charge in [-0.1, -0.05) is 79.6 Å². The first-order valence-electron chi connectivity index (χ1n) is 16.5. The zero-order chi connectivity index (χ0) is 34.3. The first-order valence-corrected chi connectivity index (χ1v) is 15.0. The van der Waals surface area contributed by atoms with Gasteiger partial charge in [-0.2, -0.15) is 0 Å². The summed E-state index contributed by atoms with van der Waals surface area (Å²) >= 11 is 0. The van der Waals surface area contributed by atoms with Crippen molar-refractivity contribution in [2.45, 2.75) is 57.6 Å². The molecule has 0 bridgehead atoms. The van der Waals surface area contributed by atoms with Gasteiger partial charge in [-0.3, -0.25) is 0 Å². The molecular weight excluding hydrogens is 558 g/mol. The summed E-state index contributed by atoms with van der Waals surface area (Å²) in [6.07, 6.45) is 5.31. The molecule has 0 aliphatic heterocycles. The number of carboxylic acid groups (broad SMARTS) is 1. The van der Waals surface area contributed by atoms with E-state index in [4.69, 9.17) is 14.0 Å². The van der Waals surface area contributed by atoms with E-state index < -0.39 is 24.4 Å². The largest absolute Gasteiger partial charge is 0.508 e. The minimum Gasteiger partial charge on any atom is -0.508 e. The van der Waals surface area contributed by atoms with Gasteiger partial charge in [-0.05, 0) is 73.4 Å². The van der Waals surface area contributed by atoms with Crippen LogP contribution in [0.25, 0.3) is 10.8 Å². The number of carboxylic acids is 1. The summed E-state index contributed by atoms with van der Waals surface area (Å²) < 4.78 is 28.5. The summed E-state index contributed by atoms with van der Waals surface area (Å²) in [7, 11) is 0. The number of nitrogens with one attached hydrogen (secondary N) is 1. The average Bonchev–Trinajstić information content (AvgIpc) is 3.03. The molecule has 0 radical (unpaired) electrons. The quantitative estimate of drug-likeness (QED) is 0.0765. The van der Waals surface area contributed by atoms with Gasteiger partial charge < -0.3 is 35.6 Å². The van der Waals surface area contributed by atoms with Crippen molar-refractivity contribution in [2.75, 3.05) is 26.3 Å².